The lowest BCUT2D eigenvalue weighted by Crippen LogP contribution is -2.37. The van der Waals surface area contributed by atoms with E-state index < -0.39 is 0 Å². The molecule has 1 aromatic heterocycles. The first kappa shape index (κ1) is 15.2. The summed E-state index contributed by atoms with van der Waals surface area (Å²) < 4.78 is 3.45. The third-order valence-electron chi connectivity index (χ3n) is 4.03. The third kappa shape index (κ3) is 3.39. The Hall–Kier alpha value is -1.66. The summed E-state index contributed by atoms with van der Waals surface area (Å²) in [5.41, 5.74) is 1.14. The van der Waals surface area contributed by atoms with Crippen LogP contribution in [-0.2, 0) is 13.6 Å². The summed E-state index contributed by atoms with van der Waals surface area (Å²) in [7, 11) is 3.94. The zero-order valence-electron chi connectivity index (χ0n) is 13.1. The van der Waals surface area contributed by atoms with E-state index in [1.54, 1.807) is 15.6 Å². The van der Waals surface area contributed by atoms with Gasteiger partial charge in [-0.05, 0) is 43.5 Å². The molecule has 2 aromatic rings. The number of aryl methyl sites for hydroxylation is 1. The second-order valence-corrected chi connectivity index (χ2v) is 7.01. The van der Waals surface area contributed by atoms with Crippen molar-refractivity contribution >= 4 is 11.5 Å². The van der Waals surface area contributed by atoms with Crippen molar-refractivity contribution in [1.29, 1.82) is 0 Å². The molecule has 1 saturated heterocycles. The fourth-order valence-electron chi connectivity index (χ4n) is 2.86. The van der Waals surface area contributed by atoms with Gasteiger partial charge in [-0.25, -0.2) is 8.75 Å². The van der Waals surface area contributed by atoms with Crippen molar-refractivity contribution in [3.05, 3.63) is 51.2 Å². The van der Waals surface area contributed by atoms with E-state index in [0.29, 0.717) is 12.6 Å². The van der Waals surface area contributed by atoms with Crippen LogP contribution < -0.4 is 10.5 Å². The topological polar surface area (TPSA) is 42.5 Å². The second-order valence-electron chi connectivity index (χ2n) is 5.91. The van der Waals surface area contributed by atoms with Crippen LogP contribution in [-0.4, -0.2) is 39.6 Å². The normalized spacial score (nSPS) is 20.5. The summed E-state index contributed by atoms with van der Waals surface area (Å²) in [6, 6.07) is 10.4. The Labute approximate surface area is 134 Å². The van der Waals surface area contributed by atoms with Crippen molar-refractivity contribution in [1.82, 2.24) is 13.4 Å². The molecule has 0 radical (unpaired) electrons. The zero-order valence-corrected chi connectivity index (χ0v) is 13.9. The van der Waals surface area contributed by atoms with E-state index in [1.165, 1.54) is 18.0 Å². The van der Waals surface area contributed by atoms with Gasteiger partial charge in [0.1, 0.15) is 0 Å². The van der Waals surface area contributed by atoms with Crippen LogP contribution in [0.4, 0.5) is 0 Å². The van der Waals surface area contributed by atoms with Crippen molar-refractivity contribution in [3.63, 3.8) is 0 Å². The average molecular weight is 318 g/mol. The zero-order chi connectivity index (χ0) is 15.5. The van der Waals surface area contributed by atoms with Gasteiger partial charge in [0.05, 0.1) is 12.6 Å². The largest absolute Gasteiger partial charge is 0.339 e. The van der Waals surface area contributed by atoms with Gasteiger partial charge in [-0.3, -0.25) is 9.56 Å². The Morgan fingerprint density at radius 1 is 1.27 bits per heavy atom. The molecular formula is C16H22N4OS. The van der Waals surface area contributed by atoms with Crippen LogP contribution in [0.1, 0.15) is 18.4 Å². The van der Waals surface area contributed by atoms with E-state index in [-0.39, 0.29) is 5.69 Å². The summed E-state index contributed by atoms with van der Waals surface area (Å²) in [5, 5.41) is 0. The SMILES string of the molecule is CN1CCCC(N=c2sn(C)c(=O)n2Cc2ccccc2)C1. The molecule has 0 aliphatic carbocycles. The number of piperidine rings is 1. The van der Waals surface area contributed by atoms with Crippen molar-refractivity contribution in [2.45, 2.75) is 25.4 Å². The van der Waals surface area contributed by atoms with Crippen LogP contribution >= 0.6 is 11.5 Å². The number of likely N-dealkylation sites (N-methyl/N-ethyl adjacent to an activating group) is 1. The molecule has 1 aromatic carbocycles. The fraction of sp³-hybridized carbons (Fsp3) is 0.500. The van der Waals surface area contributed by atoms with Crippen LogP contribution in [0.15, 0.2) is 40.1 Å². The highest BCUT2D eigenvalue weighted by Gasteiger charge is 2.17. The molecule has 1 atom stereocenters. The Kier molecular flexibility index (Phi) is 4.59. The predicted octanol–water partition coefficient (Wildman–Crippen LogP) is 1.29. The van der Waals surface area contributed by atoms with Crippen LogP contribution in [0.2, 0.25) is 0 Å². The monoisotopic (exact) mass is 318 g/mol. The minimum absolute atomic E-state index is 0.0109. The molecule has 3 rings (SSSR count). The van der Waals surface area contributed by atoms with E-state index >= 15 is 0 Å². The molecule has 118 valence electrons. The summed E-state index contributed by atoms with van der Waals surface area (Å²) in [4.78, 5) is 20.4. The van der Waals surface area contributed by atoms with Crippen LogP contribution in [0.25, 0.3) is 0 Å². The quantitative estimate of drug-likeness (QED) is 0.856. The first-order valence-corrected chi connectivity index (χ1v) is 8.44. The molecule has 1 aliphatic rings. The molecule has 0 amide bonds. The maximum atomic E-state index is 12.4. The number of aromatic nitrogens is 2. The summed E-state index contributed by atoms with van der Waals surface area (Å²) >= 11 is 1.44. The van der Waals surface area contributed by atoms with E-state index in [9.17, 15) is 4.79 Å². The number of hydrogen-bond donors (Lipinski definition) is 0. The minimum atomic E-state index is 0.0109. The predicted molar refractivity (Wildman–Crippen MR) is 89.2 cm³/mol. The van der Waals surface area contributed by atoms with Crippen LogP contribution in [0.5, 0.6) is 0 Å². The first-order valence-electron chi connectivity index (χ1n) is 7.67. The summed E-state index contributed by atoms with van der Waals surface area (Å²) in [6.07, 6.45) is 2.27. The Balaban J connectivity index is 1.94. The van der Waals surface area contributed by atoms with E-state index in [4.69, 9.17) is 4.99 Å². The number of nitrogens with zero attached hydrogens (tertiary/aromatic N) is 4. The molecule has 2 heterocycles. The van der Waals surface area contributed by atoms with Crippen molar-refractivity contribution in [2.75, 3.05) is 20.1 Å². The van der Waals surface area contributed by atoms with Crippen LogP contribution in [0.3, 0.4) is 0 Å². The van der Waals surface area contributed by atoms with Gasteiger partial charge in [-0.1, -0.05) is 30.3 Å². The van der Waals surface area contributed by atoms with Crippen molar-refractivity contribution < 1.29 is 0 Å². The van der Waals surface area contributed by atoms with Gasteiger partial charge in [-0.2, -0.15) is 0 Å². The lowest BCUT2D eigenvalue weighted by Gasteiger charge is -2.26. The highest BCUT2D eigenvalue weighted by atomic mass is 32.1. The lowest BCUT2D eigenvalue weighted by atomic mass is 10.1. The molecular weight excluding hydrogens is 296 g/mol. The van der Waals surface area contributed by atoms with Crippen LogP contribution in [0, 0.1) is 0 Å². The molecule has 22 heavy (non-hydrogen) atoms. The molecule has 6 heteroatoms. The van der Waals surface area contributed by atoms with Gasteiger partial charge in [0.2, 0.25) is 4.80 Å². The molecule has 1 aliphatic heterocycles. The van der Waals surface area contributed by atoms with Gasteiger partial charge in [-0.15, -0.1) is 0 Å². The second kappa shape index (κ2) is 6.62. The molecule has 0 N–H and O–H groups in total. The molecule has 0 bridgehead atoms. The van der Waals surface area contributed by atoms with E-state index in [2.05, 4.69) is 11.9 Å². The van der Waals surface area contributed by atoms with Gasteiger partial charge in [0.25, 0.3) is 0 Å². The molecule has 0 spiro atoms. The molecule has 1 unspecified atom stereocenters. The first-order chi connectivity index (χ1) is 10.6. The van der Waals surface area contributed by atoms with Crippen molar-refractivity contribution in [3.8, 4) is 0 Å². The Bertz CT molecular complexity index is 743. The van der Waals surface area contributed by atoms with Crippen molar-refractivity contribution in [2.24, 2.45) is 12.0 Å². The standard InChI is InChI=1S/C16H22N4OS/c1-18-10-6-9-14(12-18)17-15-20(16(21)19(2)22-15)11-13-7-4-3-5-8-13/h3-5,7-8,14H,6,9-12H2,1-2H3. The summed E-state index contributed by atoms with van der Waals surface area (Å²) in [6.45, 7) is 2.70. The lowest BCUT2D eigenvalue weighted by molar-refractivity contribution is 0.250. The maximum Gasteiger partial charge on any atom is 0.339 e. The smallest absolute Gasteiger partial charge is 0.304 e. The Morgan fingerprint density at radius 3 is 2.77 bits per heavy atom. The van der Waals surface area contributed by atoms with Gasteiger partial charge in [0.15, 0.2) is 0 Å². The average Bonchev–Trinajstić information content (AvgIpc) is 2.76. The highest BCUT2D eigenvalue weighted by molar-refractivity contribution is 7.03. The minimum Gasteiger partial charge on any atom is -0.304 e. The molecule has 1 fully saturated rings. The Morgan fingerprint density at radius 2 is 2.05 bits per heavy atom. The molecule has 5 nitrogen and oxygen atoms in total. The maximum absolute atomic E-state index is 12.4. The summed E-state index contributed by atoms with van der Waals surface area (Å²) in [5.74, 6) is 0. The van der Waals surface area contributed by atoms with Gasteiger partial charge >= 0.3 is 5.69 Å². The highest BCUT2D eigenvalue weighted by Crippen LogP contribution is 2.10. The van der Waals surface area contributed by atoms with E-state index in [1.807, 2.05) is 30.3 Å². The number of hydrogen-bond acceptors (Lipinski definition) is 4. The fourth-order valence-corrected chi connectivity index (χ4v) is 3.72. The van der Waals surface area contributed by atoms with Gasteiger partial charge < -0.3 is 4.90 Å². The van der Waals surface area contributed by atoms with E-state index in [0.717, 1.165) is 29.9 Å². The van der Waals surface area contributed by atoms with Gasteiger partial charge in [0, 0.05) is 13.6 Å². The number of likely N-dealkylation sites (tertiary alicyclic amines) is 1. The number of benzene rings is 1. The molecule has 0 saturated carbocycles. The third-order valence-corrected chi connectivity index (χ3v) is 4.95. The number of rotatable bonds is 3.